The average Bonchev–Trinajstić information content (AvgIpc) is 3.30. The van der Waals surface area contributed by atoms with Crippen LogP contribution in [0.1, 0.15) is 50.1 Å². The van der Waals surface area contributed by atoms with Crippen molar-refractivity contribution in [3.05, 3.63) is 35.9 Å². The first-order valence-corrected chi connectivity index (χ1v) is 12.6. The lowest BCUT2D eigenvalue weighted by Crippen LogP contribution is -2.25. The minimum atomic E-state index is -1.06. The Balaban J connectivity index is 1.40. The molecule has 2 fully saturated rings. The van der Waals surface area contributed by atoms with Crippen LogP contribution in [0.5, 0.6) is 0 Å². The highest BCUT2D eigenvalue weighted by atomic mass is 32.2. The van der Waals surface area contributed by atoms with Gasteiger partial charge in [0, 0.05) is 17.7 Å². The predicted molar refractivity (Wildman–Crippen MR) is 127 cm³/mol. The van der Waals surface area contributed by atoms with Crippen molar-refractivity contribution < 1.29 is 19.7 Å². The zero-order valence-corrected chi connectivity index (χ0v) is 19.7. The van der Waals surface area contributed by atoms with E-state index in [1.165, 1.54) is 5.56 Å². The number of nitrogens with zero attached hydrogens (tertiary/aromatic N) is 5. The number of aliphatic hydroxyl groups is 1. The summed E-state index contributed by atoms with van der Waals surface area (Å²) in [6.45, 7) is 1.67. The quantitative estimate of drug-likeness (QED) is 0.291. The summed E-state index contributed by atoms with van der Waals surface area (Å²) in [6.07, 6.45) is 1.53. The smallest absolute Gasteiger partial charge is 0.329 e. The number of carbonyl (C=O) groups is 1. The molecule has 1 aromatic carbocycles. The second kappa shape index (κ2) is 9.85. The van der Waals surface area contributed by atoms with E-state index in [9.17, 15) is 9.90 Å². The third kappa shape index (κ3) is 4.86. The van der Waals surface area contributed by atoms with Gasteiger partial charge in [0.25, 0.3) is 0 Å². The molecule has 5 rings (SSSR count). The molecular weight excluding hydrogens is 456 g/mol. The molecule has 2 aliphatic carbocycles. The van der Waals surface area contributed by atoms with Crippen LogP contribution in [-0.2, 0) is 9.53 Å². The van der Waals surface area contributed by atoms with Crippen LogP contribution in [0.15, 0.2) is 35.5 Å². The molecule has 2 unspecified atom stereocenters. The predicted octanol–water partition coefficient (Wildman–Crippen LogP) is 2.86. The molecule has 2 saturated carbocycles. The minimum Gasteiger partial charge on any atom is -0.480 e. The molecule has 10 nitrogen and oxygen atoms in total. The van der Waals surface area contributed by atoms with Crippen molar-refractivity contribution in [1.29, 1.82) is 0 Å². The summed E-state index contributed by atoms with van der Waals surface area (Å²) in [5, 5.41) is 32.3. The van der Waals surface area contributed by atoms with E-state index in [1.807, 2.05) is 6.07 Å². The van der Waals surface area contributed by atoms with Crippen LogP contribution >= 0.6 is 11.8 Å². The number of carboxylic acids is 1. The second-order valence-electron chi connectivity index (χ2n) is 8.85. The Morgan fingerprint density at radius 3 is 2.82 bits per heavy atom. The SMILES string of the molecule is CCCSc1nc(NC2CC2c2ccccc2)c2nnn([C@@H]3C[C@H](OCC(=O)O)[C@@H](O)C3)c2n1. The van der Waals surface area contributed by atoms with Crippen molar-refractivity contribution in [2.45, 2.75) is 68.0 Å². The second-order valence-corrected chi connectivity index (χ2v) is 9.91. The van der Waals surface area contributed by atoms with Crippen molar-refractivity contribution in [2.24, 2.45) is 0 Å². The number of aliphatic hydroxyl groups excluding tert-OH is 1. The van der Waals surface area contributed by atoms with Gasteiger partial charge in [0.1, 0.15) is 6.61 Å². The first-order valence-electron chi connectivity index (χ1n) is 11.6. The van der Waals surface area contributed by atoms with Gasteiger partial charge in [-0.25, -0.2) is 19.4 Å². The van der Waals surface area contributed by atoms with Crippen molar-refractivity contribution in [3.63, 3.8) is 0 Å². The normalized spacial score (nSPS) is 26.1. The molecule has 5 atom stereocenters. The fourth-order valence-corrected chi connectivity index (χ4v) is 5.22. The fraction of sp³-hybridized carbons (Fsp3) is 0.522. The van der Waals surface area contributed by atoms with Crippen LogP contribution in [0, 0.1) is 0 Å². The Bertz CT molecular complexity index is 1160. The standard InChI is InChI=1S/C23H28N6O4S/c1-2-8-34-23-25-21(24-16-11-15(16)13-6-4-3-5-7-13)20-22(26-23)29(28-27-20)14-9-17(30)18(10-14)33-12-19(31)32/h3-7,14-18,30H,2,8-12H2,1H3,(H,31,32)(H,24,25,26)/t14-,15?,16?,17-,18-/m0/s1. The maximum Gasteiger partial charge on any atom is 0.329 e. The molecular formula is C23H28N6O4S. The lowest BCUT2D eigenvalue weighted by atomic mass is 10.1. The van der Waals surface area contributed by atoms with Crippen molar-refractivity contribution in [3.8, 4) is 0 Å². The van der Waals surface area contributed by atoms with E-state index in [4.69, 9.17) is 19.8 Å². The average molecular weight is 485 g/mol. The van der Waals surface area contributed by atoms with Gasteiger partial charge < -0.3 is 20.3 Å². The highest BCUT2D eigenvalue weighted by Crippen LogP contribution is 2.43. The van der Waals surface area contributed by atoms with Gasteiger partial charge >= 0.3 is 5.97 Å². The first kappa shape index (κ1) is 23.0. The number of rotatable bonds is 10. The number of thioether (sulfide) groups is 1. The number of carboxylic acid groups (broad SMARTS) is 1. The number of fused-ring (bicyclic) bond motifs is 1. The van der Waals surface area contributed by atoms with E-state index >= 15 is 0 Å². The summed E-state index contributed by atoms with van der Waals surface area (Å²) in [7, 11) is 0. The molecule has 3 aromatic rings. The molecule has 0 radical (unpaired) electrons. The number of nitrogens with one attached hydrogen (secondary N) is 1. The molecule has 0 aliphatic heterocycles. The summed E-state index contributed by atoms with van der Waals surface area (Å²) in [6, 6.07) is 10.5. The number of benzene rings is 1. The summed E-state index contributed by atoms with van der Waals surface area (Å²) in [5.41, 5.74) is 2.52. The number of aromatic nitrogens is 5. The maximum absolute atomic E-state index is 10.9. The molecule has 2 aliphatic rings. The molecule has 2 heterocycles. The van der Waals surface area contributed by atoms with Crippen molar-refractivity contribution in [2.75, 3.05) is 17.7 Å². The van der Waals surface area contributed by atoms with Gasteiger partial charge in [-0.15, -0.1) is 5.10 Å². The number of hydrogen-bond acceptors (Lipinski definition) is 9. The Morgan fingerprint density at radius 2 is 2.06 bits per heavy atom. The van der Waals surface area contributed by atoms with E-state index < -0.39 is 24.8 Å². The van der Waals surface area contributed by atoms with Crippen LogP contribution in [0.4, 0.5) is 5.82 Å². The third-order valence-electron chi connectivity index (χ3n) is 6.29. The molecule has 11 heteroatoms. The monoisotopic (exact) mass is 484 g/mol. The third-order valence-corrected chi connectivity index (χ3v) is 7.35. The highest BCUT2D eigenvalue weighted by Gasteiger charge is 2.40. The van der Waals surface area contributed by atoms with E-state index in [1.54, 1.807) is 16.4 Å². The first-order chi connectivity index (χ1) is 16.5. The highest BCUT2D eigenvalue weighted by molar-refractivity contribution is 7.99. The largest absolute Gasteiger partial charge is 0.480 e. The van der Waals surface area contributed by atoms with Gasteiger partial charge in [-0.3, -0.25) is 0 Å². The van der Waals surface area contributed by atoms with E-state index in [0.717, 1.165) is 18.6 Å². The maximum atomic E-state index is 10.9. The van der Waals surface area contributed by atoms with Crippen molar-refractivity contribution in [1.82, 2.24) is 25.0 Å². The van der Waals surface area contributed by atoms with Crippen LogP contribution in [0.25, 0.3) is 11.2 Å². The van der Waals surface area contributed by atoms with Crippen LogP contribution in [-0.4, -0.2) is 71.8 Å². The fourth-order valence-electron chi connectivity index (χ4n) is 4.52. The molecule has 180 valence electrons. The molecule has 0 spiro atoms. The van der Waals surface area contributed by atoms with Crippen LogP contribution < -0.4 is 5.32 Å². The molecule has 3 N–H and O–H groups in total. The van der Waals surface area contributed by atoms with Gasteiger partial charge in [-0.05, 0) is 31.2 Å². The Morgan fingerprint density at radius 1 is 1.24 bits per heavy atom. The summed E-state index contributed by atoms with van der Waals surface area (Å²) in [4.78, 5) is 20.3. The van der Waals surface area contributed by atoms with Gasteiger partial charge in [-0.1, -0.05) is 54.2 Å². The molecule has 2 aromatic heterocycles. The van der Waals surface area contributed by atoms with Gasteiger partial charge in [-0.2, -0.15) is 0 Å². The summed E-state index contributed by atoms with van der Waals surface area (Å²) >= 11 is 1.59. The number of ether oxygens (including phenoxy) is 1. The molecule has 0 saturated heterocycles. The zero-order valence-electron chi connectivity index (χ0n) is 18.9. The number of hydrogen-bond donors (Lipinski definition) is 3. The lowest BCUT2D eigenvalue weighted by molar-refractivity contribution is -0.146. The van der Waals surface area contributed by atoms with E-state index in [0.29, 0.717) is 40.9 Å². The van der Waals surface area contributed by atoms with Gasteiger partial charge in [0.2, 0.25) is 0 Å². The topological polar surface area (TPSA) is 135 Å². The van der Waals surface area contributed by atoms with E-state index in [-0.39, 0.29) is 12.1 Å². The van der Waals surface area contributed by atoms with Gasteiger partial charge in [0.05, 0.1) is 18.2 Å². The van der Waals surface area contributed by atoms with Crippen molar-refractivity contribution >= 4 is 34.7 Å². The zero-order chi connectivity index (χ0) is 23.7. The van der Waals surface area contributed by atoms with Gasteiger partial charge in [0.15, 0.2) is 22.1 Å². The Kier molecular flexibility index (Phi) is 6.66. The summed E-state index contributed by atoms with van der Waals surface area (Å²) in [5.74, 6) is 0.952. The molecule has 0 amide bonds. The number of anilines is 1. The minimum absolute atomic E-state index is 0.191. The van der Waals surface area contributed by atoms with Crippen LogP contribution in [0.2, 0.25) is 0 Å². The Hall–Kier alpha value is -2.76. The van der Waals surface area contributed by atoms with Crippen LogP contribution in [0.3, 0.4) is 0 Å². The summed E-state index contributed by atoms with van der Waals surface area (Å²) < 4.78 is 7.10. The lowest BCUT2D eigenvalue weighted by Gasteiger charge is -2.13. The van der Waals surface area contributed by atoms with E-state index in [2.05, 4.69) is 46.8 Å². The molecule has 0 bridgehead atoms. The number of aliphatic carboxylic acids is 1. The molecule has 34 heavy (non-hydrogen) atoms. The Labute approximate surface area is 201 Å².